The van der Waals surface area contributed by atoms with Crippen molar-refractivity contribution >= 4 is 34.1 Å². The Bertz CT molecular complexity index is 1540. The molecule has 6 rings (SSSR count). The summed E-state index contributed by atoms with van der Waals surface area (Å²) in [7, 11) is 1.52. The zero-order valence-electron chi connectivity index (χ0n) is 19.0. The second-order valence-electron chi connectivity index (χ2n) is 8.77. The Labute approximate surface area is 202 Å². The Morgan fingerprint density at radius 1 is 1.17 bits per heavy atom. The van der Waals surface area contributed by atoms with E-state index in [2.05, 4.69) is 35.5 Å². The third kappa shape index (κ3) is 3.48. The van der Waals surface area contributed by atoms with Crippen molar-refractivity contribution in [1.29, 1.82) is 0 Å². The van der Waals surface area contributed by atoms with Crippen molar-refractivity contribution in [2.75, 3.05) is 17.7 Å². The van der Waals surface area contributed by atoms with Crippen LogP contribution in [0.15, 0.2) is 42.6 Å². The number of nitrogens with zero attached hydrogens (tertiary/aromatic N) is 3. The summed E-state index contributed by atoms with van der Waals surface area (Å²) >= 11 is 0. The third-order valence-electron chi connectivity index (χ3n) is 6.64. The van der Waals surface area contributed by atoms with Crippen LogP contribution < -0.4 is 20.1 Å². The number of ether oxygens (including phenoxy) is 2. The Balaban J connectivity index is 1.30. The number of carbonyl (C=O) groups is 1. The highest BCUT2D eigenvalue weighted by atomic mass is 19.4. The number of halogens is 3. The molecule has 2 aromatic carbocycles. The molecule has 4 aromatic rings. The molecule has 36 heavy (non-hydrogen) atoms. The SMILES string of the molecule is COc1cnc(C)nc1Nc1n[nH]c2cc([C@@H]3C[C@@]34C(=O)Nc3ccc(OC(F)(F)F)cc34)ccc12. The molecule has 2 aliphatic rings. The number of benzene rings is 2. The lowest BCUT2D eigenvalue weighted by Crippen LogP contribution is -2.21. The molecular formula is C24H19F3N6O3. The van der Waals surface area contributed by atoms with Crippen LogP contribution in [0.4, 0.5) is 30.5 Å². The molecule has 1 spiro atoms. The molecular weight excluding hydrogens is 477 g/mol. The van der Waals surface area contributed by atoms with Gasteiger partial charge in [-0.25, -0.2) is 9.97 Å². The summed E-state index contributed by atoms with van der Waals surface area (Å²) in [6.07, 6.45) is -2.77. The van der Waals surface area contributed by atoms with Crippen molar-refractivity contribution in [2.45, 2.75) is 31.0 Å². The molecule has 2 atom stereocenters. The average molecular weight is 496 g/mol. The van der Waals surface area contributed by atoms with Gasteiger partial charge in [-0.2, -0.15) is 5.10 Å². The lowest BCUT2D eigenvalue weighted by Gasteiger charge is -2.12. The van der Waals surface area contributed by atoms with E-state index in [0.717, 1.165) is 16.5 Å². The molecule has 9 nitrogen and oxygen atoms in total. The van der Waals surface area contributed by atoms with Gasteiger partial charge in [0.2, 0.25) is 5.91 Å². The minimum absolute atomic E-state index is 0.200. The van der Waals surface area contributed by atoms with Crippen LogP contribution in [-0.4, -0.2) is 39.5 Å². The van der Waals surface area contributed by atoms with Crippen molar-refractivity contribution in [3.63, 3.8) is 0 Å². The number of aromatic amines is 1. The Morgan fingerprint density at radius 2 is 2.00 bits per heavy atom. The van der Waals surface area contributed by atoms with Gasteiger partial charge in [0.1, 0.15) is 11.6 Å². The molecule has 3 N–H and O–H groups in total. The molecule has 1 aliphatic carbocycles. The first-order valence-electron chi connectivity index (χ1n) is 11.0. The van der Waals surface area contributed by atoms with Crippen LogP contribution in [0.3, 0.4) is 0 Å². The summed E-state index contributed by atoms with van der Waals surface area (Å²) in [4.78, 5) is 21.4. The fourth-order valence-corrected chi connectivity index (χ4v) is 4.93. The standard InChI is InChI=1S/C24H19F3N6O3/c1-11-28-10-19(35-2)21(29-11)31-20-14-5-3-12(7-18(14)32-33-20)16-9-23(16)15-8-13(36-24(25,26)27)4-6-17(15)30-22(23)34/h3-8,10,16H,9H2,1-2H3,(H,30,34)(H2,28,29,31,32,33)/t16-,23-/m0/s1. The summed E-state index contributed by atoms with van der Waals surface area (Å²) in [5, 5.41) is 14.1. The number of nitrogens with one attached hydrogen (secondary N) is 3. The number of hydrogen-bond donors (Lipinski definition) is 3. The number of fused-ring (bicyclic) bond motifs is 3. The van der Waals surface area contributed by atoms with Crippen LogP contribution in [0, 0.1) is 6.92 Å². The van der Waals surface area contributed by atoms with Crippen molar-refractivity contribution in [3.8, 4) is 11.5 Å². The van der Waals surface area contributed by atoms with E-state index in [1.54, 1.807) is 13.1 Å². The number of anilines is 3. The summed E-state index contributed by atoms with van der Waals surface area (Å²) in [6.45, 7) is 1.76. The Kier molecular flexibility index (Phi) is 4.66. The summed E-state index contributed by atoms with van der Waals surface area (Å²) < 4.78 is 47.6. The zero-order valence-corrected chi connectivity index (χ0v) is 19.0. The van der Waals surface area contributed by atoms with Crippen molar-refractivity contribution in [3.05, 3.63) is 59.5 Å². The van der Waals surface area contributed by atoms with Gasteiger partial charge < -0.3 is 20.1 Å². The number of H-pyrrole nitrogens is 1. The fraction of sp³-hybridized carbons (Fsp3) is 0.250. The number of aromatic nitrogens is 4. The van der Waals surface area contributed by atoms with Crippen LogP contribution in [0.1, 0.15) is 29.3 Å². The van der Waals surface area contributed by atoms with Gasteiger partial charge in [0.15, 0.2) is 17.4 Å². The minimum Gasteiger partial charge on any atom is -0.491 e. The number of amides is 1. The Morgan fingerprint density at radius 3 is 2.78 bits per heavy atom. The number of methoxy groups -OCH3 is 1. The molecule has 0 bridgehead atoms. The van der Waals surface area contributed by atoms with Gasteiger partial charge >= 0.3 is 6.36 Å². The van der Waals surface area contributed by atoms with Gasteiger partial charge in [-0.15, -0.1) is 13.2 Å². The van der Waals surface area contributed by atoms with Crippen molar-refractivity contribution < 1.29 is 27.4 Å². The van der Waals surface area contributed by atoms with E-state index < -0.39 is 11.8 Å². The summed E-state index contributed by atoms with van der Waals surface area (Å²) in [5.41, 5.74) is 1.69. The van der Waals surface area contributed by atoms with Gasteiger partial charge in [-0.1, -0.05) is 6.07 Å². The minimum atomic E-state index is -4.81. The van der Waals surface area contributed by atoms with Crippen LogP contribution >= 0.6 is 0 Å². The third-order valence-corrected chi connectivity index (χ3v) is 6.64. The highest BCUT2D eigenvalue weighted by Crippen LogP contribution is 2.65. The molecule has 3 heterocycles. The molecule has 184 valence electrons. The van der Waals surface area contributed by atoms with Gasteiger partial charge in [0.05, 0.1) is 24.2 Å². The molecule has 2 aromatic heterocycles. The lowest BCUT2D eigenvalue weighted by molar-refractivity contribution is -0.274. The first-order valence-corrected chi connectivity index (χ1v) is 11.0. The van der Waals surface area contributed by atoms with Crippen molar-refractivity contribution in [1.82, 2.24) is 20.2 Å². The highest BCUT2D eigenvalue weighted by Gasteiger charge is 2.65. The molecule has 0 saturated heterocycles. The summed E-state index contributed by atoms with van der Waals surface area (Å²) in [6, 6.07) is 9.61. The van der Waals surface area contributed by atoms with Crippen LogP contribution in [0.2, 0.25) is 0 Å². The van der Waals surface area contributed by atoms with Gasteiger partial charge in [-0.3, -0.25) is 9.89 Å². The predicted octanol–water partition coefficient (Wildman–Crippen LogP) is 4.69. The maximum Gasteiger partial charge on any atom is 0.573 e. The van der Waals surface area contributed by atoms with E-state index in [9.17, 15) is 18.0 Å². The van der Waals surface area contributed by atoms with E-state index in [-0.39, 0.29) is 17.6 Å². The van der Waals surface area contributed by atoms with Crippen LogP contribution in [0.25, 0.3) is 10.9 Å². The number of alkyl halides is 3. The molecule has 0 radical (unpaired) electrons. The highest BCUT2D eigenvalue weighted by molar-refractivity contribution is 6.10. The van der Waals surface area contributed by atoms with E-state index in [4.69, 9.17) is 4.74 Å². The number of aryl methyl sites for hydroxylation is 1. The molecule has 1 amide bonds. The first-order chi connectivity index (χ1) is 17.2. The fourth-order valence-electron chi connectivity index (χ4n) is 4.93. The summed E-state index contributed by atoms with van der Waals surface area (Å²) in [5.74, 6) is 1.26. The molecule has 0 unspecified atom stereocenters. The lowest BCUT2D eigenvalue weighted by atomic mass is 9.91. The quantitative estimate of drug-likeness (QED) is 0.367. The van der Waals surface area contributed by atoms with Crippen LogP contribution in [0.5, 0.6) is 11.5 Å². The Hall–Kier alpha value is -4.35. The van der Waals surface area contributed by atoms with Crippen LogP contribution in [-0.2, 0) is 10.2 Å². The number of hydrogen-bond acceptors (Lipinski definition) is 7. The normalized spacial score (nSPS) is 20.4. The molecule has 1 aliphatic heterocycles. The second-order valence-corrected chi connectivity index (χ2v) is 8.77. The monoisotopic (exact) mass is 496 g/mol. The van der Waals surface area contributed by atoms with E-state index >= 15 is 0 Å². The van der Waals surface area contributed by atoms with E-state index in [1.165, 1.54) is 25.3 Å². The molecule has 1 fully saturated rings. The largest absolute Gasteiger partial charge is 0.573 e. The molecule has 1 saturated carbocycles. The van der Waals surface area contributed by atoms with E-state index in [1.807, 2.05) is 18.2 Å². The van der Waals surface area contributed by atoms with E-state index in [0.29, 0.717) is 40.9 Å². The topological polar surface area (TPSA) is 114 Å². The number of carbonyl (C=O) groups excluding carboxylic acids is 1. The maximum atomic E-state index is 12.9. The second kappa shape index (κ2) is 7.57. The van der Waals surface area contributed by atoms with Gasteiger partial charge in [0, 0.05) is 17.0 Å². The maximum absolute atomic E-state index is 12.9. The predicted molar refractivity (Wildman–Crippen MR) is 123 cm³/mol. The number of rotatable bonds is 5. The van der Waals surface area contributed by atoms with Gasteiger partial charge in [-0.05, 0) is 54.8 Å². The zero-order chi connectivity index (χ0) is 25.2. The first kappa shape index (κ1) is 22.1. The van der Waals surface area contributed by atoms with Gasteiger partial charge in [0.25, 0.3) is 0 Å². The van der Waals surface area contributed by atoms with Crippen molar-refractivity contribution in [2.24, 2.45) is 0 Å². The average Bonchev–Trinajstić information content (AvgIpc) is 3.38. The molecule has 12 heteroatoms. The smallest absolute Gasteiger partial charge is 0.491 e.